The van der Waals surface area contributed by atoms with Crippen molar-refractivity contribution in [3.63, 3.8) is 0 Å². The first-order valence-corrected chi connectivity index (χ1v) is 9.29. The van der Waals surface area contributed by atoms with Gasteiger partial charge < -0.3 is 4.74 Å². The second-order valence-electron chi connectivity index (χ2n) is 7.11. The number of nitrogens with one attached hydrogen (secondary N) is 1. The predicted octanol–water partition coefficient (Wildman–Crippen LogP) is 5.14. The molecular weight excluding hydrogens is 334 g/mol. The zero-order valence-electron chi connectivity index (χ0n) is 15.2. The molecule has 3 aromatic carbocycles. The minimum Gasteiger partial charge on any atom is -0.496 e. The third kappa shape index (κ3) is 2.39. The number of nitrogens with zero attached hydrogens (tertiary/aromatic N) is 2. The van der Waals surface area contributed by atoms with Crippen molar-refractivity contribution in [3.05, 3.63) is 59.3 Å². The Labute approximate surface area is 157 Å². The Kier molecular flexibility index (Phi) is 3.61. The van der Waals surface area contributed by atoms with Crippen LogP contribution in [-0.2, 0) is 12.8 Å². The van der Waals surface area contributed by atoms with Crippen molar-refractivity contribution in [3.8, 4) is 22.9 Å². The lowest BCUT2D eigenvalue weighted by Gasteiger charge is -2.23. The molecule has 1 heterocycles. The maximum Gasteiger partial charge on any atom is 0.128 e. The van der Waals surface area contributed by atoms with Gasteiger partial charge in [0.1, 0.15) is 5.75 Å². The molecule has 0 aliphatic heterocycles. The fourth-order valence-corrected chi connectivity index (χ4v) is 4.44. The van der Waals surface area contributed by atoms with E-state index in [-0.39, 0.29) is 0 Å². The van der Waals surface area contributed by atoms with Crippen LogP contribution in [0.3, 0.4) is 0 Å². The summed E-state index contributed by atoms with van der Waals surface area (Å²) in [5, 5.41) is 20.3. The molecule has 0 spiro atoms. The quantitative estimate of drug-likeness (QED) is 0.542. The van der Waals surface area contributed by atoms with Crippen LogP contribution in [0.2, 0.25) is 0 Å². The molecule has 0 atom stereocenters. The van der Waals surface area contributed by atoms with Crippen molar-refractivity contribution in [2.24, 2.45) is 0 Å². The van der Waals surface area contributed by atoms with E-state index in [4.69, 9.17) is 4.74 Å². The minimum atomic E-state index is 0.616. The number of methoxy groups -OCH3 is 1. The Bertz CT molecular complexity index is 1230. The molecule has 0 unspecified atom stereocenters. The molecule has 0 saturated heterocycles. The van der Waals surface area contributed by atoms with Crippen molar-refractivity contribution in [2.75, 3.05) is 7.11 Å². The zero-order chi connectivity index (χ0) is 18.4. The van der Waals surface area contributed by atoms with Crippen LogP contribution in [0.1, 0.15) is 29.5 Å². The lowest BCUT2D eigenvalue weighted by Crippen LogP contribution is -2.06. The smallest absolute Gasteiger partial charge is 0.128 e. The summed E-state index contributed by atoms with van der Waals surface area (Å²) in [6.07, 6.45) is 6.50. The first-order chi connectivity index (χ1) is 13.3. The van der Waals surface area contributed by atoms with E-state index in [0.29, 0.717) is 5.56 Å². The van der Waals surface area contributed by atoms with Gasteiger partial charge in [0, 0.05) is 10.9 Å². The molecule has 27 heavy (non-hydrogen) atoms. The number of ether oxygens (including phenoxy) is 1. The number of aromatic nitrogens is 2. The zero-order valence-corrected chi connectivity index (χ0v) is 15.2. The Morgan fingerprint density at radius 2 is 1.89 bits per heavy atom. The number of rotatable bonds is 2. The van der Waals surface area contributed by atoms with E-state index in [1.807, 2.05) is 24.4 Å². The van der Waals surface area contributed by atoms with Gasteiger partial charge in [-0.15, -0.1) is 0 Å². The summed E-state index contributed by atoms with van der Waals surface area (Å²) in [6, 6.07) is 14.5. The average molecular weight is 353 g/mol. The highest BCUT2D eigenvalue weighted by Gasteiger charge is 2.21. The Hall–Kier alpha value is -3.32. The molecule has 1 aliphatic rings. The van der Waals surface area contributed by atoms with Crippen LogP contribution in [0.25, 0.3) is 32.8 Å². The number of aryl methyl sites for hydroxylation is 1. The summed E-state index contributed by atoms with van der Waals surface area (Å²) < 4.78 is 5.64. The summed E-state index contributed by atoms with van der Waals surface area (Å²) in [5.41, 5.74) is 6.83. The van der Waals surface area contributed by atoms with Gasteiger partial charge in [0.2, 0.25) is 0 Å². The first-order valence-electron chi connectivity index (χ1n) is 9.29. The number of H-pyrrole nitrogens is 1. The summed E-state index contributed by atoms with van der Waals surface area (Å²) >= 11 is 0. The Morgan fingerprint density at radius 3 is 2.70 bits per heavy atom. The molecule has 0 bridgehead atoms. The number of nitriles is 1. The molecule has 1 N–H and O–H groups in total. The fourth-order valence-electron chi connectivity index (χ4n) is 4.44. The molecule has 0 radical (unpaired) electrons. The van der Waals surface area contributed by atoms with E-state index in [9.17, 15) is 5.26 Å². The standard InChI is InChI=1S/C23H19N3O/c1-27-22-10-14(12-24)6-8-17(22)19-11-15-7-9-21-20(13-25-26-21)23(15)18-5-3-2-4-16(18)19/h6-11,13H,2-5H2,1H3,(H,25,26). The van der Waals surface area contributed by atoms with Gasteiger partial charge in [0.25, 0.3) is 0 Å². The molecular formula is C23H19N3O. The summed E-state index contributed by atoms with van der Waals surface area (Å²) in [6.45, 7) is 0. The highest BCUT2D eigenvalue weighted by atomic mass is 16.5. The normalized spacial score (nSPS) is 13.5. The maximum absolute atomic E-state index is 9.22. The van der Waals surface area contributed by atoms with Gasteiger partial charge in [-0.25, -0.2) is 0 Å². The van der Waals surface area contributed by atoms with Crippen molar-refractivity contribution in [2.45, 2.75) is 25.7 Å². The molecule has 0 saturated carbocycles. The SMILES string of the molecule is COc1cc(C#N)ccc1-c1cc2ccc3[nH]ncc3c2c2c1CCCC2. The number of hydrogen-bond donors (Lipinski definition) is 1. The second-order valence-corrected chi connectivity index (χ2v) is 7.11. The molecule has 4 aromatic rings. The lowest BCUT2D eigenvalue weighted by molar-refractivity contribution is 0.416. The molecule has 5 rings (SSSR count). The molecule has 0 fully saturated rings. The number of benzene rings is 3. The monoisotopic (exact) mass is 353 g/mol. The van der Waals surface area contributed by atoms with Crippen molar-refractivity contribution in [1.29, 1.82) is 5.26 Å². The van der Waals surface area contributed by atoms with E-state index in [1.165, 1.54) is 45.7 Å². The van der Waals surface area contributed by atoms with Gasteiger partial charge >= 0.3 is 0 Å². The molecule has 132 valence electrons. The highest BCUT2D eigenvalue weighted by molar-refractivity contribution is 6.10. The van der Waals surface area contributed by atoms with E-state index in [1.54, 1.807) is 7.11 Å². The largest absolute Gasteiger partial charge is 0.496 e. The molecule has 0 amide bonds. The van der Waals surface area contributed by atoms with Gasteiger partial charge in [0.15, 0.2) is 0 Å². The summed E-state index contributed by atoms with van der Waals surface area (Å²) in [4.78, 5) is 0. The van der Waals surface area contributed by atoms with E-state index < -0.39 is 0 Å². The lowest BCUT2D eigenvalue weighted by atomic mass is 9.81. The van der Waals surface area contributed by atoms with Crippen molar-refractivity contribution < 1.29 is 4.74 Å². The molecule has 4 heteroatoms. The molecule has 4 nitrogen and oxygen atoms in total. The minimum absolute atomic E-state index is 0.616. The van der Waals surface area contributed by atoms with Crippen LogP contribution in [-0.4, -0.2) is 17.3 Å². The van der Waals surface area contributed by atoms with Crippen molar-refractivity contribution in [1.82, 2.24) is 10.2 Å². The van der Waals surface area contributed by atoms with E-state index >= 15 is 0 Å². The highest BCUT2D eigenvalue weighted by Crippen LogP contribution is 2.42. The topological polar surface area (TPSA) is 61.7 Å². The maximum atomic E-state index is 9.22. The number of fused-ring (bicyclic) bond motifs is 5. The Balaban J connectivity index is 1.86. The first kappa shape index (κ1) is 15.9. The molecule has 1 aliphatic carbocycles. The Morgan fingerprint density at radius 1 is 1.04 bits per heavy atom. The van der Waals surface area contributed by atoms with Gasteiger partial charge in [-0.2, -0.15) is 10.4 Å². The third-order valence-corrected chi connectivity index (χ3v) is 5.67. The number of aromatic amines is 1. The predicted molar refractivity (Wildman–Crippen MR) is 107 cm³/mol. The van der Waals surface area contributed by atoms with E-state index in [0.717, 1.165) is 29.7 Å². The van der Waals surface area contributed by atoms with Crippen LogP contribution < -0.4 is 4.74 Å². The van der Waals surface area contributed by atoms with Gasteiger partial charge in [0.05, 0.1) is 30.5 Å². The van der Waals surface area contributed by atoms with Crippen LogP contribution in [0.5, 0.6) is 5.75 Å². The third-order valence-electron chi connectivity index (χ3n) is 5.67. The molecule has 1 aromatic heterocycles. The summed E-state index contributed by atoms with van der Waals surface area (Å²) in [5.74, 6) is 0.755. The summed E-state index contributed by atoms with van der Waals surface area (Å²) in [7, 11) is 1.67. The second kappa shape index (κ2) is 6.14. The average Bonchev–Trinajstić information content (AvgIpc) is 3.21. The van der Waals surface area contributed by atoms with Crippen LogP contribution in [0.4, 0.5) is 0 Å². The number of hydrogen-bond acceptors (Lipinski definition) is 3. The van der Waals surface area contributed by atoms with Gasteiger partial charge in [-0.1, -0.05) is 6.07 Å². The van der Waals surface area contributed by atoms with Crippen molar-refractivity contribution >= 4 is 21.7 Å². The van der Waals surface area contributed by atoms with Crippen LogP contribution >= 0.6 is 0 Å². The van der Waals surface area contributed by atoms with Crippen LogP contribution in [0, 0.1) is 11.3 Å². The van der Waals surface area contributed by atoms with Gasteiger partial charge in [-0.05, 0) is 83.5 Å². The van der Waals surface area contributed by atoms with Gasteiger partial charge in [-0.3, -0.25) is 5.10 Å². The van der Waals surface area contributed by atoms with Crippen LogP contribution in [0.15, 0.2) is 42.6 Å². The van der Waals surface area contributed by atoms with E-state index in [2.05, 4.69) is 34.5 Å². The fraction of sp³-hybridized carbons (Fsp3) is 0.217.